The zero-order valence-electron chi connectivity index (χ0n) is 10.5. The van der Waals surface area contributed by atoms with Crippen molar-refractivity contribution >= 4 is 11.6 Å². The Hall–Kier alpha value is -1.55. The number of benzene rings is 1. The number of hydrogen-bond donors (Lipinski definition) is 3. The van der Waals surface area contributed by atoms with Gasteiger partial charge in [0.15, 0.2) is 5.96 Å². The monoisotopic (exact) mass is 235 g/mol. The second-order valence-electron chi connectivity index (χ2n) is 4.08. The first kappa shape index (κ1) is 13.5. The van der Waals surface area contributed by atoms with Gasteiger partial charge in [-0.25, -0.2) is 4.99 Å². The molecule has 0 aliphatic carbocycles. The first-order valence-corrected chi connectivity index (χ1v) is 5.94. The normalized spacial score (nSPS) is 12.5. The lowest BCUT2D eigenvalue weighted by Crippen LogP contribution is -2.35. The van der Waals surface area contributed by atoms with E-state index < -0.39 is 5.54 Å². The smallest absolute Gasteiger partial charge is 0.193 e. The third kappa shape index (κ3) is 3.75. The van der Waals surface area contributed by atoms with E-state index in [1.807, 2.05) is 44.2 Å². The number of aliphatic imine (C=N–C) groups is 1. The second kappa shape index (κ2) is 6.25. The van der Waals surface area contributed by atoms with Gasteiger partial charge in [0.05, 0.1) is 12.1 Å². The first-order chi connectivity index (χ1) is 8.15. The van der Waals surface area contributed by atoms with E-state index in [0.717, 1.165) is 18.5 Å². The van der Waals surface area contributed by atoms with Crippen LogP contribution < -0.4 is 11.1 Å². The predicted molar refractivity (Wildman–Crippen MR) is 72.1 cm³/mol. The molecule has 0 heterocycles. The minimum Gasteiger partial charge on any atom is -0.394 e. The Balaban J connectivity index is 2.78. The highest BCUT2D eigenvalue weighted by Gasteiger charge is 2.24. The molecule has 0 aliphatic heterocycles. The zero-order valence-corrected chi connectivity index (χ0v) is 10.5. The molecule has 94 valence electrons. The number of aliphatic hydroxyl groups is 1. The molecule has 0 spiro atoms. The molecule has 0 aromatic heterocycles. The molecule has 4 nitrogen and oxygen atoms in total. The topological polar surface area (TPSA) is 70.6 Å². The molecule has 4 heteroatoms. The van der Waals surface area contributed by atoms with Crippen LogP contribution in [0.4, 0.5) is 5.69 Å². The van der Waals surface area contributed by atoms with Crippen molar-refractivity contribution in [3.05, 3.63) is 30.3 Å². The Morgan fingerprint density at radius 2 is 1.88 bits per heavy atom. The number of nitrogens with two attached hydrogens (primary N) is 1. The van der Waals surface area contributed by atoms with Gasteiger partial charge in [0.2, 0.25) is 0 Å². The van der Waals surface area contributed by atoms with Crippen molar-refractivity contribution in [2.45, 2.75) is 32.2 Å². The Bertz CT molecular complexity index is 350. The first-order valence-electron chi connectivity index (χ1n) is 5.94. The van der Waals surface area contributed by atoms with Gasteiger partial charge >= 0.3 is 0 Å². The quantitative estimate of drug-likeness (QED) is 0.539. The summed E-state index contributed by atoms with van der Waals surface area (Å²) in [5.74, 6) is 0.342. The minimum atomic E-state index is -0.466. The number of hydrogen-bond acceptors (Lipinski definition) is 2. The molecule has 0 bridgehead atoms. The molecule has 0 atom stereocenters. The number of nitrogens with zero attached hydrogens (tertiary/aromatic N) is 1. The maximum Gasteiger partial charge on any atom is 0.193 e. The van der Waals surface area contributed by atoms with Crippen LogP contribution in [0.3, 0.4) is 0 Å². The number of nitrogens with one attached hydrogen (secondary N) is 1. The molecule has 0 saturated heterocycles. The molecule has 17 heavy (non-hydrogen) atoms. The van der Waals surface area contributed by atoms with Crippen LogP contribution in [0.5, 0.6) is 0 Å². The number of rotatable bonds is 5. The maximum atomic E-state index is 9.40. The van der Waals surface area contributed by atoms with Crippen molar-refractivity contribution < 1.29 is 5.11 Å². The lowest BCUT2D eigenvalue weighted by Gasteiger charge is -2.25. The minimum absolute atomic E-state index is 0.0111. The third-order valence-corrected chi connectivity index (χ3v) is 3.01. The molecular weight excluding hydrogens is 214 g/mol. The average molecular weight is 235 g/mol. The zero-order chi connectivity index (χ0) is 12.7. The van der Waals surface area contributed by atoms with Gasteiger partial charge in [-0.1, -0.05) is 32.0 Å². The molecule has 1 aromatic carbocycles. The van der Waals surface area contributed by atoms with Crippen molar-refractivity contribution in [2.75, 3.05) is 11.9 Å². The molecule has 1 rings (SSSR count). The molecule has 0 unspecified atom stereocenters. The third-order valence-electron chi connectivity index (χ3n) is 3.01. The summed E-state index contributed by atoms with van der Waals surface area (Å²) in [6.45, 7) is 4.01. The molecule has 0 fully saturated rings. The molecule has 0 radical (unpaired) electrons. The second-order valence-corrected chi connectivity index (χ2v) is 4.08. The Kier molecular flexibility index (Phi) is 4.97. The molecule has 0 saturated carbocycles. The Morgan fingerprint density at radius 1 is 1.29 bits per heavy atom. The van der Waals surface area contributed by atoms with E-state index in [-0.39, 0.29) is 6.61 Å². The fourth-order valence-electron chi connectivity index (χ4n) is 1.62. The van der Waals surface area contributed by atoms with Crippen molar-refractivity contribution in [1.29, 1.82) is 0 Å². The maximum absolute atomic E-state index is 9.40. The van der Waals surface area contributed by atoms with Crippen LogP contribution in [0.15, 0.2) is 35.3 Å². The Morgan fingerprint density at radius 3 is 2.35 bits per heavy atom. The number of para-hydroxylation sites is 1. The Labute approximate surface area is 103 Å². The van der Waals surface area contributed by atoms with Gasteiger partial charge in [-0.2, -0.15) is 0 Å². The summed E-state index contributed by atoms with van der Waals surface area (Å²) in [7, 11) is 0. The summed E-state index contributed by atoms with van der Waals surface area (Å²) >= 11 is 0. The summed E-state index contributed by atoms with van der Waals surface area (Å²) in [4.78, 5) is 4.39. The van der Waals surface area contributed by atoms with Gasteiger partial charge in [0.1, 0.15) is 0 Å². The fraction of sp³-hybridized carbons (Fsp3) is 0.462. The van der Waals surface area contributed by atoms with Crippen molar-refractivity contribution in [3.63, 3.8) is 0 Å². The van der Waals surface area contributed by atoms with Gasteiger partial charge < -0.3 is 16.2 Å². The number of aliphatic hydroxyl groups excluding tert-OH is 1. The summed E-state index contributed by atoms with van der Waals surface area (Å²) in [5, 5.41) is 12.4. The van der Waals surface area contributed by atoms with E-state index in [2.05, 4.69) is 10.3 Å². The van der Waals surface area contributed by atoms with Gasteiger partial charge in [-0.3, -0.25) is 0 Å². The molecule has 0 amide bonds. The molecule has 4 N–H and O–H groups in total. The van der Waals surface area contributed by atoms with Crippen LogP contribution in [-0.2, 0) is 0 Å². The number of guanidine groups is 1. The van der Waals surface area contributed by atoms with Gasteiger partial charge in [0.25, 0.3) is 0 Å². The van der Waals surface area contributed by atoms with E-state index in [4.69, 9.17) is 5.73 Å². The van der Waals surface area contributed by atoms with E-state index in [1.54, 1.807) is 0 Å². The van der Waals surface area contributed by atoms with Gasteiger partial charge in [-0.05, 0) is 25.0 Å². The summed E-state index contributed by atoms with van der Waals surface area (Å²) in [5.41, 5.74) is 6.28. The highest BCUT2D eigenvalue weighted by Crippen LogP contribution is 2.19. The summed E-state index contributed by atoms with van der Waals surface area (Å²) in [6.07, 6.45) is 1.52. The largest absolute Gasteiger partial charge is 0.394 e. The highest BCUT2D eigenvalue weighted by molar-refractivity contribution is 5.92. The SMILES string of the molecule is CCC(CC)(CO)N=C(N)Nc1ccccc1. The predicted octanol–water partition coefficient (Wildman–Crippen LogP) is 1.96. The number of anilines is 1. The van der Waals surface area contributed by atoms with E-state index >= 15 is 0 Å². The molecule has 0 aliphatic rings. The molecular formula is C13H21N3O. The van der Waals surface area contributed by atoms with Crippen LogP contribution in [0.25, 0.3) is 0 Å². The fourth-order valence-corrected chi connectivity index (χ4v) is 1.62. The van der Waals surface area contributed by atoms with Crippen LogP contribution in [0.1, 0.15) is 26.7 Å². The highest BCUT2D eigenvalue weighted by atomic mass is 16.3. The van der Waals surface area contributed by atoms with E-state index in [9.17, 15) is 5.11 Å². The van der Waals surface area contributed by atoms with Crippen LogP contribution in [0.2, 0.25) is 0 Å². The van der Waals surface area contributed by atoms with Crippen LogP contribution in [-0.4, -0.2) is 23.2 Å². The average Bonchev–Trinajstić information content (AvgIpc) is 2.37. The summed E-state index contributed by atoms with van der Waals surface area (Å²) < 4.78 is 0. The van der Waals surface area contributed by atoms with Gasteiger partial charge in [0, 0.05) is 5.69 Å². The lowest BCUT2D eigenvalue weighted by molar-refractivity contribution is 0.189. The van der Waals surface area contributed by atoms with Crippen LogP contribution >= 0.6 is 0 Å². The van der Waals surface area contributed by atoms with Gasteiger partial charge in [-0.15, -0.1) is 0 Å². The lowest BCUT2D eigenvalue weighted by atomic mass is 9.95. The van der Waals surface area contributed by atoms with Crippen molar-refractivity contribution in [2.24, 2.45) is 10.7 Å². The summed E-state index contributed by atoms with van der Waals surface area (Å²) in [6, 6.07) is 9.62. The standard InChI is InChI=1S/C13H21N3O/c1-3-13(4-2,10-17)16-12(14)15-11-8-6-5-7-9-11/h5-9,17H,3-4,10H2,1-2H3,(H3,14,15,16). The van der Waals surface area contributed by atoms with Crippen LogP contribution in [0, 0.1) is 0 Å². The van der Waals surface area contributed by atoms with Crippen molar-refractivity contribution in [1.82, 2.24) is 0 Å². The van der Waals surface area contributed by atoms with E-state index in [1.165, 1.54) is 0 Å². The van der Waals surface area contributed by atoms with Crippen molar-refractivity contribution in [3.8, 4) is 0 Å². The molecule has 1 aromatic rings. The van der Waals surface area contributed by atoms with E-state index in [0.29, 0.717) is 5.96 Å².